The molecule has 0 spiro atoms. The van der Waals surface area contributed by atoms with Gasteiger partial charge in [-0.1, -0.05) is 11.3 Å². The summed E-state index contributed by atoms with van der Waals surface area (Å²) in [6.45, 7) is 5.86. The molecule has 20 heavy (non-hydrogen) atoms. The summed E-state index contributed by atoms with van der Waals surface area (Å²) < 4.78 is 1.19. The number of hydrogen-bond donors (Lipinski definition) is 1. The van der Waals surface area contributed by atoms with E-state index in [9.17, 15) is 0 Å². The van der Waals surface area contributed by atoms with Crippen molar-refractivity contribution < 1.29 is 0 Å². The average Bonchev–Trinajstić information content (AvgIpc) is 3.16. The van der Waals surface area contributed by atoms with Crippen LogP contribution < -0.4 is 10.6 Å². The molecular formula is C15H20N4S. The molecule has 1 aliphatic heterocycles. The predicted molar refractivity (Wildman–Crippen MR) is 85.4 cm³/mol. The lowest BCUT2D eigenvalue weighted by Gasteiger charge is -2.34. The number of rotatable bonds is 3. The van der Waals surface area contributed by atoms with Crippen LogP contribution in [0, 0.1) is 5.92 Å². The summed E-state index contributed by atoms with van der Waals surface area (Å²) in [5, 5.41) is 1.15. The number of thiazole rings is 1. The lowest BCUT2D eigenvalue weighted by Crippen LogP contribution is -2.46. The average molecular weight is 288 g/mol. The summed E-state index contributed by atoms with van der Waals surface area (Å²) in [7, 11) is 0. The Kier molecular flexibility index (Phi) is 3.04. The molecule has 1 saturated carbocycles. The molecule has 1 aromatic heterocycles. The van der Waals surface area contributed by atoms with Gasteiger partial charge in [-0.05, 0) is 37.0 Å². The van der Waals surface area contributed by atoms with Crippen molar-refractivity contribution in [1.82, 2.24) is 9.88 Å². The van der Waals surface area contributed by atoms with Gasteiger partial charge in [-0.3, -0.25) is 4.90 Å². The van der Waals surface area contributed by atoms with Crippen molar-refractivity contribution in [3.8, 4) is 0 Å². The first-order chi connectivity index (χ1) is 9.78. The zero-order chi connectivity index (χ0) is 13.5. The lowest BCUT2D eigenvalue weighted by atomic mass is 10.3. The quantitative estimate of drug-likeness (QED) is 0.881. The highest BCUT2D eigenvalue weighted by molar-refractivity contribution is 7.22. The van der Waals surface area contributed by atoms with E-state index in [2.05, 4.69) is 9.80 Å². The zero-order valence-electron chi connectivity index (χ0n) is 11.6. The zero-order valence-corrected chi connectivity index (χ0v) is 12.4. The second kappa shape index (κ2) is 4.90. The lowest BCUT2D eigenvalue weighted by molar-refractivity contribution is 0.248. The summed E-state index contributed by atoms with van der Waals surface area (Å²) in [6.07, 6.45) is 2.89. The van der Waals surface area contributed by atoms with Gasteiger partial charge in [-0.2, -0.15) is 0 Å². The van der Waals surface area contributed by atoms with E-state index in [-0.39, 0.29) is 0 Å². The number of anilines is 2. The first kappa shape index (κ1) is 12.4. The van der Waals surface area contributed by atoms with Crippen LogP contribution in [0.25, 0.3) is 10.2 Å². The number of benzene rings is 1. The van der Waals surface area contributed by atoms with Gasteiger partial charge in [0.15, 0.2) is 5.13 Å². The number of piperazine rings is 1. The number of nitrogens with two attached hydrogens (primary N) is 1. The van der Waals surface area contributed by atoms with Gasteiger partial charge in [0.2, 0.25) is 0 Å². The van der Waals surface area contributed by atoms with E-state index in [0.29, 0.717) is 0 Å². The van der Waals surface area contributed by atoms with Crippen LogP contribution in [0.2, 0.25) is 0 Å². The molecule has 4 rings (SSSR count). The fourth-order valence-corrected chi connectivity index (χ4v) is 3.92. The Hall–Kier alpha value is -1.33. The van der Waals surface area contributed by atoms with Gasteiger partial charge < -0.3 is 10.6 Å². The molecule has 0 amide bonds. The normalized spacial score (nSPS) is 20.7. The Bertz CT molecular complexity index is 611. The molecule has 0 bridgehead atoms. The monoisotopic (exact) mass is 288 g/mol. The number of aromatic nitrogens is 1. The summed E-state index contributed by atoms with van der Waals surface area (Å²) in [5.74, 6) is 0.993. The van der Waals surface area contributed by atoms with E-state index < -0.39 is 0 Å². The Labute approximate surface area is 123 Å². The molecule has 0 unspecified atom stereocenters. The maximum Gasteiger partial charge on any atom is 0.186 e. The molecule has 2 heterocycles. The Morgan fingerprint density at radius 1 is 1.20 bits per heavy atom. The van der Waals surface area contributed by atoms with Crippen molar-refractivity contribution in [3.63, 3.8) is 0 Å². The predicted octanol–water partition coefficient (Wildman–Crippen LogP) is 2.41. The minimum atomic E-state index is 0.821. The standard InChI is InChI=1S/C15H20N4S/c16-12-3-4-13-14(9-12)20-15(17-13)19-7-5-18(6-8-19)10-11-1-2-11/h3-4,9,11H,1-2,5-8,10,16H2. The molecule has 2 fully saturated rings. The van der Waals surface area contributed by atoms with Crippen LogP contribution in [0.4, 0.5) is 10.8 Å². The van der Waals surface area contributed by atoms with Crippen LogP contribution >= 0.6 is 11.3 Å². The largest absolute Gasteiger partial charge is 0.399 e. The van der Waals surface area contributed by atoms with E-state index in [1.807, 2.05) is 18.2 Å². The van der Waals surface area contributed by atoms with E-state index in [1.165, 1.54) is 37.2 Å². The maximum atomic E-state index is 5.84. The van der Waals surface area contributed by atoms with Gasteiger partial charge in [0.05, 0.1) is 10.2 Å². The number of fused-ring (bicyclic) bond motifs is 1. The maximum absolute atomic E-state index is 5.84. The van der Waals surface area contributed by atoms with Crippen molar-refractivity contribution in [2.45, 2.75) is 12.8 Å². The van der Waals surface area contributed by atoms with E-state index in [4.69, 9.17) is 10.7 Å². The number of nitrogen functional groups attached to an aromatic ring is 1. The van der Waals surface area contributed by atoms with Gasteiger partial charge in [-0.15, -0.1) is 0 Å². The third-order valence-electron chi connectivity index (χ3n) is 4.26. The van der Waals surface area contributed by atoms with Crippen LogP contribution in [0.5, 0.6) is 0 Å². The highest BCUT2D eigenvalue weighted by Gasteiger charge is 2.27. The first-order valence-electron chi connectivity index (χ1n) is 7.41. The Morgan fingerprint density at radius 2 is 2.00 bits per heavy atom. The molecule has 2 aromatic rings. The Morgan fingerprint density at radius 3 is 2.75 bits per heavy atom. The fraction of sp³-hybridized carbons (Fsp3) is 0.533. The topological polar surface area (TPSA) is 45.4 Å². The van der Waals surface area contributed by atoms with E-state index in [0.717, 1.165) is 35.3 Å². The highest BCUT2D eigenvalue weighted by Crippen LogP contribution is 2.32. The van der Waals surface area contributed by atoms with Crippen LogP contribution in [-0.2, 0) is 0 Å². The molecule has 0 atom stereocenters. The molecule has 1 aromatic carbocycles. The third kappa shape index (κ3) is 2.47. The first-order valence-corrected chi connectivity index (χ1v) is 8.23. The van der Waals surface area contributed by atoms with Crippen LogP contribution in [-0.4, -0.2) is 42.6 Å². The van der Waals surface area contributed by atoms with Crippen molar-refractivity contribution >= 4 is 32.4 Å². The van der Waals surface area contributed by atoms with Crippen molar-refractivity contribution in [1.29, 1.82) is 0 Å². The SMILES string of the molecule is Nc1ccc2nc(N3CCN(CC4CC4)CC3)sc2c1. The second-order valence-electron chi connectivity index (χ2n) is 5.95. The number of hydrogen-bond acceptors (Lipinski definition) is 5. The smallest absolute Gasteiger partial charge is 0.186 e. The summed E-state index contributed by atoms with van der Waals surface area (Å²) in [6, 6.07) is 5.98. The van der Waals surface area contributed by atoms with Gasteiger partial charge in [0.25, 0.3) is 0 Å². The molecule has 1 aliphatic carbocycles. The molecule has 0 radical (unpaired) electrons. The molecule has 1 saturated heterocycles. The molecule has 4 nitrogen and oxygen atoms in total. The molecular weight excluding hydrogens is 268 g/mol. The van der Waals surface area contributed by atoms with Crippen LogP contribution in [0.15, 0.2) is 18.2 Å². The summed E-state index contributed by atoms with van der Waals surface area (Å²) in [4.78, 5) is 9.78. The van der Waals surface area contributed by atoms with Crippen LogP contribution in [0.3, 0.4) is 0 Å². The van der Waals surface area contributed by atoms with Crippen molar-refractivity contribution in [2.75, 3.05) is 43.4 Å². The van der Waals surface area contributed by atoms with Gasteiger partial charge in [0, 0.05) is 38.4 Å². The van der Waals surface area contributed by atoms with Crippen molar-refractivity contribution in [3.05, 3.63) is 18.2 Å². The molecule has 2 aliphatic rings. The van der Waals surface area contributed by atoms with Crippen molar-refractivity contribution in [2.24, 2.45) is 5.92 Å². The summed E-state index contributed by atoms with van der Waals surface area (Å²) >= 11 is 1.76. The molecule has 5 heteroatoms. The fourth-order valence-electron chi connectivity index (χ4n) is 2.85. The van der Waals surface area contributed by atoms with E-state index >= 15 is 0 Å². The highest BCUT2D eigenvalue weighted by atomic mass is 32.1. The second-order valence-corrected chi connectivity index (χ2v) is 6.96. The minimum absolute atomic E-state index is 0.821. The number of nitrogens with zero attached hydrogens (tertiary/aromatic N) is 3. The summed E-state index contributed by atoms with van der Waals surface area (Å²) in [5.41, 5.74) is 7.73. The Balaban J connectivity index is 1.46. The molecule has 2 N–H and O–H groups in total. The third-order valence-corrected chi connectivity index (χ3v) is 5.34. The van der Waals surface area contributed by atoms with Crippen LogP contribution in [0.1, 0.15) is 12.8 Å². The van der Waals surface area contributed by atoms with Gasteiger partial charge in [-0.25, -0.2) is 4.98 Å². The molecule has 106 valence electrons. The van der Waals surface area contributed by atoms with Gasteiger partial charge in [0.1, 0.15) is 0 Å². The van der Waals surface area contributed by atoms with Gasteiger partial charge >= 0.3 is 0 Å². The minimum Gasteiger partial charge on any atom is -0.399 e. The van der Waals surface area contributed by atoms with E-state index in [1.54, 1.807) is 11.3 Å².